The van der Waals surface area contributed by atoms with Gasteiger partial charge >= 0.3 is 0 Å². The van der Waals surface area contributed by atoms with Gasteiger partial charge in [-0.25, -0.2) is 4.39 Å². The van der Waals surface area contributed by atoms with Crippen molar-refractivity contribution in [2.75, 3.05) is 0 Å². The molecule has 0 aliphatic heterocycles. The molecule has 2 aromatic carbocycles. The average molecular weight is 309 g/mol. The van der Waals surface area contributed by atoms with Crippen LogP contribution in [-0.2, 0) is 6.61 Å². The van der Waals surface area contributed by atoms with Crippen LogP contribution in [0.4, 0.5) is 4.39 Å². The van der Waals surface area contributed by atoms with E-state index >= 15 is 0 Å². The summed E-state index contributed by atoms with van der Waals surface area (Å²) in [6, 6.07) is 10.8. The summed E-state index contributed by atoms with van der Waals surface area (Å²) in [6.45, 7) is 4.32. The monoisotopic (exact) mass is 308 g/mol. The van der Waals surface area contributed by atoms with Gasteiger partial charge in [0.1, 0.15) is 18.2 Å². The Morgan fingerprint density at radius 1 is 1.06 bits per heavy atom. The van der Waals surface area contributed by atoms with E-state index in [1.165, 1.54) is 17.2 Å². The summed E-state index contributed by atoms with van der Waals surface area (Å²) >= 11 is 3.23. The van der Waals surface area contributed by atoms with Crippen LogP contribution in [0.5, 0.6) is 5.75 Å². The second kappa shape index (κ2) is 5.53. The predicted octanol–water partition coefficient (Wildman–Crippen LogP) is 4.78. The summed E-state index contributed by atoms with van der Waals surface area (Å²) < 4.78 is 19.9. The molecule has 0 aliphatic rings. The van der Waals surface area contributed by atoms with Crippen molar-refractivity contribution in [1.29, 1.82) is 0 Å². The van der Waals surface area contributed by atoms with E-state index in [1.807, 2.05) is 38.1 Å². The SMILES string of the molecule is Cc1ccc(OCc2ccc(Br)cc2F)cc1C. The Bertz CT molecular complexity index is 566. The van der Waals surface area contributed by atoms with Crippen molar-refractivity contribution in [3.8, 4) is 5.75 Å². The molecule has 18 heavy (non-hydrogen) atoms. The molecule has 0 aliphatic carbocycles. The molecule has 3 heteroatoms. The minimum Gasteiger partial charge on any atom is -0.489 e. The normalized spacial score (nSPS) is 10.4. The lowest BCUT2D eigenvalue weighted by Crippen LogP contribution is -1.99. The summed E-state index contributed by atoms with van der Waals surface area (Å²) in [5.41, 5.74) is 2.94. The number of hydrogen-bond acceptors (Lipinski definition) is 1. The number of benzene rings is 2. The fourth-order valence-electron chi connectivity index (χ4n) is 1.60. The van der Waals surface area contributed by atoms with E-state index in [0.29, 0.717) is 5.56 Å². The van der Waals surface area contributed by atoms with Gasteiger partial charge in [0.15, 0.2) is 0 Å². The maximum atomic E-state index is 13.6. The molecule has 2 rings (SSSR count). The first kappa shape index (κ1) is 13.1. The third-order valence-corrected chi connectivity index (χ3v) is 3.38. The number of rotatable bonds is 3. The van der Waals surface area contributed by atoms with Gasteiger partial charge in [-0.15, -0.1) is 0 Å². The number of hydrogen-bond donors (Lipinski definition) is 0. The zero-order chi connectivity index (χ0) is 13.1. The molecule has 0 saturated heterocycles. The van der Waals surface area contributed by atoms with Crippen LogP contribution in [0.3, 0.4) is 0 Å². The van der Waals surface area contributed by atoms with E-state index in [-0.39, 0.29) is 12.4 Å². The molecule has 0 spiro atoms. The Hall–Kier alpha value is -1.35. The van der Waals surface area contributed by atoms with E-state index in [0.717, 1.165) is 10.2 Å². The second-order valence-electron chi connectivity index (χ2n) is 4.27. The fraction of sp³-hybridized carbons (Fsp3) is 0.200. The molecule has 0 atom stereocenters. The molecule has 2 aromatic rings. The van der Waals surface area contributed by atoms with Gasteiger partial charge in [-0.2, -0.15) is 0 Å². The van der Waals surface area contributed by atoms with Crippen molar-refractivity contribution < 1.29 is 9.13 Å². The molecule has 0 bridgehead atoms. The Morgan fingerprint density at radius 2 is 1.83 bits per heavy atom. The van der Waals surface area contributed by atoms with Crippen LogP contribution in [0.25, 0.3) is 0 Å². The molecule has 0 amide bonds. The zero-order valence-corrected chi connectivity index (χ0v) is 11.9. The minimum atomic E-state index is -0.256. The molecule has 94 valence electrons. The standard InChI is InChI=1S/C15H14BrFO/c1-10-3-6-14(7-11(10)2)18-9-12-4-5-13(16)8-15(12)17/h3-8H,9H2,1-2H3. The van der Waals surface area contributed by atoms with Crippen molar-refractivity contribution in [3.05, 3.63) is 63.4 Å². The van der Waals surface area contributed by atoms with Crippen LogP contribution in [-0.4, -0.2) is 0 Å². The fourth-order valence-corrected chi connectivity index (χ4v) is 1.94. The van der Waals surface area contributed by atoms with Crippen molar-refractivity contribution in [2.45, 2.75) is 20.5 Å². The Kier molecular flexibility index (Phi) is 4.02. The van der Waals surface area contributed by atoms with E-state index < -0.39 is 0 Å². The first-order valence-corrected chi connectivity index (χ1v) is 6.49. The van der Waals surface area contributed by atoms with Gasteiger partial charge in [-0.05, 0) is 49.2 Å². The first-order valence-electron chi connectivity index (χ1n) is 5.70. The van der Waals surface area contributed by atoms with Gasteiger partial charge in [0.25, 0.3) is 0 Å². The highest BCUT2D eigenvalue weighted by Crippen LogP contribution is 2.20. The largest absolute Gasteiger partial charge is 0.489 e. The quantitative estimate of drug-likeness (QED) is 0.792. The van der Waals surface area contributed by atoms with Crippen molar-refractivity contribution in [1.82, 2.24) is 0 Å². The summed E-state index contributed by atoms with van der Waals surface area (Å²) in [7, 11) is 0. The third-order valence-electron chi connectivity index (χ3n) is 2.89. The van der Waals surface area contributed by atoms with Gasteiger partial charge in [0.2, 0.25) is 0 Å². The van der Waals surface area contributed by atoms with Crippen LogP contribution in [0.1, 0.15) is 16.7 Å². The molecule has 0 radical (unpaired) electrons. The van der Waals surface area contributed by atoms with E-state index in [1.54, 1.807) is 6.07 Å². The molecule has 0 fully saturated rings. The van der Waals surface area contributed by atoms with Crippen LogP contribution >= 0.6 is 15.9 Å². The Balaban J connectivity index is 2.09. The summed E-state index contributed by atoms with van der Waals surface area (Å²) in [6.07, 6.45) is 0. The Labute approximate surface area is 115 Å². The van der Waals surface area contributed by atoms with E-state index in [4.69, 9.17) is 4.74 Å². The van der Waals surface area contributed by atoms with Gasteiger partial charge in [0.05, 0.1) is 0 Å². The first-order chi connectivity index (χ1) is 8.56. The van der Waals surface area contributed by atoms with Crippen LogP contribution < -0.4 is 4.74 Å². The van der Waals surface area contributed by atoms with Gasteiger partial charge in [0, 0.05) is 10.0 Å². The second-order valence-corrected chi connectivity index (χ2v) is 5.19. The Morgan fingerprint density at radius 3 is 2.50 bits per heavy atom. The topological polar surface area (TPSA) is 9.23 Å². The molecular weight excluding hydrogens is 295 g/mol. The highest BCUT2D eigenvalue weighted by atomic mass is 79.9. The van der Waals surface area contributed by atoms with Crippen molar-refractivity contribution >= 4 is 15.9 Å². The van der Waals surface area contributed by atoms with Gasteiger partial charge in [-0.3, -0.25) is 0 Å². The third kappa shape index (κ3) is 3.10. The van der Waals surface area contributed by atoms with Crippen molar-refractivity contribution in [3.63, 3.8) is 0 Å². The highest BCUT2D eigenvalue weighted by molar-refractivity contribution is 9.10. The predicted molar refractivity (Wildman–Crippen MR) is 74.3 cm³/mol. The van der Waals surface area contributed by atoms with Crippen molar-refractivity contribution in [2.24, 2.45) is 0 Å². The van der Waals surface area contributed by atoms with Crippen LogP contribution in [0, 0.1) is 19.7 Å². The van der Waals surface area contributed by atoms with Gasteiger partial charge < -0.3 is 4.74 Å². The minimum absolute atomic E-state index is 0.238. The molecule has 0 N–H and O–H groups in total. The van der Waals surface area contributed by atoms with Crippen LogP contribution in [0.15, 0.2) is 40.9 Å². The summed E-state index contributed by atoms with van der Waals surface area (Å²) in [4.78, 5) is 0. The number of ether oxygens (including phenoxy) is 1. The average Bonchev–Trinajstić information content (AvgIpc) is 2.32. The maximum Gasteiger partial charge on any atom is 0.130 e. The lowest BCUT2D eigenvalue weighted by molar-refractivity contribution is 0.299. The maximum absolute atomic E-state index is 13.6. The molecule has 1 nitrogen and oxygen atoms in total. The lowest BCUT2D eigenvalue weighted by atomic mass is 10.1. The molecule has 0 unspecified atom stereocenters. The van der Waals surface area contributed by atoms with E-state index in [9.17, 15) is 4.39 Å². The molecule has 0 saturated carbocycles. The number of aryl methyl sites for hydroxylation is 2. The smallest absolute Gasteiger partial charge is 0.130 e. The zero-order valence-electron chi connectivity index (χ0n) is 10.3. The molecular formula is C15H14BrFO. The lowest BCUT2D eigenvalue weighted by Gasteiger charge is -2.09. The summed E-state index contributed by atoms with van der Waals surface area (Å²) in [5.74, 6) is 0.508. The van der Waals surface area contributed by atoms with E-state index in [2.05, 4.69) is 15.9 Å². The van der Waals surface area contributed by atoms with Crippen LogP contribution in [0.2, 0.25) is 0 Å². The number of halogens is 2. The molecule has 0 heterocycles. The summed E-state index contributed by atoms with van der Waals surface area (Å²) in [5, 5.41) is 0. The highest BCUT2D eigenvalue weighted by Gasteiger charge is 2.04. The molecule has 0 aromatic heterocycles. The van der Waals surface area contributed by atoms with Gasteiger partial charge in [-0.1, -0.05) is 28.1 Å².